The lowest BCUT2D eigenvalue weighted by molar-refractivity contribution is 0.102. The number of aromatic nitrogens is 3. The second kappa shape index (κ2) is 10.5. The number of rotatable bonds is 8. The zero-order chi connectivity index (χ0) is 25.8. The highest BCUT2D eigenvalue weighted by atomic mass is 16.3. The molecule has 5 rings (SSSR count). The van der Waals surface area contributed by atoms with E-state index in [-0.39, 0.29) is 11.7 Å². The fourth-order valence-electron chi connectivity index (χ4n) is 4.24. The molecule has 7 heteroatoms. The number of aryl methyl sites for hydroxylation is 2. The number of phenolic OH excluding ortho intramolecular Hbond substituents is 1. The van der Waals surface area contributed by atoms with Crippen molar-refractivity contribution in [3.8, 4) is 11.4 Å². The van der Waals surface area contributed by atoms with E-state index in [2.05, 4.69) is 27.8 Å². The molecule has 4 aromatic carbocycles. The van der Waals surface area contributed by atoms with Gasteiger partial charge in [0, 0.05) is 22.6 Å². The first-order valence-corrected chi connectivity index (χ1v) is 12.4. The molecule has 3 N–H and O–H groups in total. The first-order chi connectivity index (χ1) is 18.0. The minimum absolute atomic E-state index is 0.146. The molecule has 0 radical (unpaired) electrons. The molecule has 0 aliphatic rings. The summed E-state index contributed by atoms with van der Waals surface area (Å²) < 4.78 is 0. The van der Waals surface area contributed by atoms with Crippen molar-refractivity contribution in [1.29, 1.82) is 0 Å². The predicted octanol–water partition coefficient (Wildman–Crippen LogP) is 6.77. The topological polar surface area (TPSA) is 92.1 Å². The molecule has 0 saturated heterocycles. The van der Waals surface area contributed by atoms with Crippen LogP contribution in [-0.2, 0) is 6.42 Å². The van der Waals surface area contributed by atoms with Crippen LogP contribution in [0.25, 0.3) is 16.7 Å². The Labute approximate surface area is 215 Å². The van der Waals surface area contributed by atoms with E-state index in [0.717, 1.165) is 47.3 Å². The maximum atomic E-state index is 12.4. The molecule has 0 aliphatic carbocycles. The second-order valence-electron chi connectivity index (χ2n) is 9.11. The van der Waals surface area contributed by atoms with Gasteiger partial charge in [0.2, 0.25) is 0 Å². The fourth-order valence-corrected chi connectivity index (χ4v) is 4.24. The maximum Gasteiger partial charge on any atom is 0.255 e. The van der Waals surface area contributed by atoms with Crippen molar-refractivity contribution < 1.29 is 9.90 Å². The van der Waals surface area contributed by atoms with Crippen LogP contribution >= 0.6 is 0 Å². The molecule has 186 valence electrons. The van der Waals surface area contributed by atoms with Gasteiger partial charge in [-0.1, -0.05) is 37.6 Å². The quantitative estimate of drug-likeness (QED) is 0.223. The maximum absolute atomic E-state index is 12.4. The highest BCUT2D eigenvalue weighted by molar-refractivity contribution is 6.04. The van der Waals surface area contributed by atoms with E-state index in [1.54, 1.807) is 12.1 Å². The third-order valence-electron chi connectivity index (χ3n) is 6.18. The molecule has 0 unspecified atom stereocenters. The number of carbonyl (C=O) groups excluding carboxylic acids is 1. The smallest absolute Gasteiger partial charge is 0.255 e. The predicted molar refractivity (Wildman–Crippen MR) is 148 cm³/mol. The van der Waals surface area contributed by atoms with Gasteiger partial charge in [-0.3, -0.25) is 4.79 Å². The Kier molecular flexibility index (Phi) is 6.85. The molecule has 0 atom stereocenters. The van der Waals surface area contributed by atoms with Crippen LogP contribution in [0.4, 0.5) is 17.1 Å². The average molecular weight is 492 g/mol. The molecule has 0 fully saturated rings. The largest absolute Gasteiger partial charge is 0.505 e. The molecule has 0 aliphatic heterocycles. The van der Waals surface area contributed by atoms with E-state index < -0.39 is 0 Å². The number of benzene rings is 4. The normalized spacial score (nSPS) is 11.0. The highest BCUT2D eigenvalue weighted by Crippen LogP contribution is 2.30. The summed E-state index contributed by atoms with van der Waals surface area (Å²) in [6.07, 6.45) is 2.90. The van der Waals surface area contributed by atoms with Crippen LogP contribution in [0.5, 0.6) is 5.75 Å². The van der Waals surface area contributed by atoms with Crippen molar-refractivity contribution in [3.63, 3.8) is 0 Å². The molecule has 5 aromatic rings. The Morgan fingerprint density at radius 1 is 0.865 bits per heavy atom. The molecular formula is C30H29N5O2. The summed E-state index contributed by atoms with van der Waals surface area (Å²) in [4.78, 5) is 13.9. The summed E-state index contributed by atoms with van der Waals surface area (Å²) in [7, 11) is 0. The number of anilines is 3. The molecule has 1 heterocycles. The number of hydrogen-bond donors (Lipinski definition) is 3. The lowest BCUT2D eigenvalue weighted by Crippen LogP contribution is -2.11. The van der Waals surface area contributed by atoms with E-state index >= 15 is 0 Å². The Bertz CT molecular complexity index is 1540. The van der Waals surface area contributed by atoms with Gasteiger partial charge >= 0.3 is 0 Å². The van der Waals surface area contributed by atoms with Gasteiger partial charge < -0.3 is 15.7 Å². The number of hydrogen-bond acceptors (Lipinski definition) is 5. The van der Waals surface area contributed by atoms with Gasteiger partial charge in [0.1, 0.15) is 22.5 Å². The Balaban J connectivity index is 1.32. The summed E-state index contributed by atoms with van der Waals surface area (Å²) >= 11 is 0. The number of amides is 1. The SMILES string of the molecule is CCCCc1cc(C)cc(-n2nc3ccc(Nc4ccc(NC(=O)c5ccccc5)cc4)cc3n2)c1O. The van der Waals surface area contributed by atoms with Crippen molar-refractivity contribution in [2.45, 2.75) is 33.1 Å². The minimum atomic E-state index is -0.146. The van der Waals surface area contributed by atoms with Crippen LogP contribution in [0, 0.1) is 6.92 Å². The Morgan fingerprint density at radius 3 is 2.32 bits per heavy atom. The monoisotopic (exact) mass is 491 g/mol. The molecule has 37 heavy (non-hydrogen) atoms. The zero-order valence-electron chi connectivity index (χ0n) is 20.9. The average Bonchev–Trinajstić information content (AvgIpc) is 3.34. The van der Waals surface area contributed by atoms with Crippen LogP contribution < -0.4 is 10.6 Å². The summed E-state index contributed by atoms with van der Waals surface area (Å²) in [5, 5.41) is 26.4. The molecule has 1 aromatic heterocycles. The number of unbranched alkanes of at least 4 members (excludes halogenated alkanes) is 1. The second-order valence-corrected chi connectivity index (χ2v) is 9.11. The van der Waals surface area contributed by atoms with Crippen LogP contribution in [-0.4, -0.2) is 26.0 Å². The third-order valence-corrected chi connectivity index (χ3v) is 6.18. The molecular weight excluding hydrogens is 462 g/mol. The van der Waals surface area contributed by atoms with Gasteiger partial charge in [-0.25, -0.2) is 0 Å². The van der Waals surface area contributed by atoms with Crippen LogP contribution in [0.1, 0.15) is 41.3 Å². The molecule has 7 nitrogen and oxygen atoms in total. The van der Waals surface area contributed by atoms with Crippen molar-refractivity contribution in [2.24, 2.45) is 0 Å². The van der Waals surface area contributed by atoms with Gasteiger partial charge in [0.25, 0.3) is 5.91 Å². The van der Waals surface area contributed by atoms with Gasteiger partial charge in [0.15, 0.2) is 0 Å². The molecule has 1 amide bonds. The molecule has 0 spiro atoms. The van der Waals surface area contributed by atoms with E-state index in [1.807, 2.05) is 79.7 Å². The van der Waals surface area contributed by atoms with Crippen molar-refractivity contribution in [3.05, 3.63) is 102 Å². The first kappa shape index (κ1) is 24.1. The van der Waals surface area contributed by atoms with E-state index in [1.165, 1.54) is 4.80 Å². The third kappa shape index (κ3) is 5.46. The zero-order valence-corrected chi connectivity index (χ0v) is 20.9. The number of nitrogens with one attached hydrogen (secondary N) is 2. The summed E-state index contributed by atoms with van der Waals surface area (Å²) in [5.41, 5.74) is 7.09. The Hall–Kier alpha value is -4.65. The molecule has 0 saturated carbocycles. The Morgan fingerprint density at radius 2 is 1.57 bits per heavy atom. The van der Waals surface area contributed by atoms with Crippen LogP contribution in [0.3, 0.4) is 0 Å². The van der Waals surface area contributed by atoms with E-state index in [9.17, 15) is 9.90 Å². The van der Waals surface area contributed by atoms with Crippen LogP contribution in [0.15, 0.2) is 84.9 Å². The number of aromatic hydroxyl groups is 1. The number of nitrogens with zero attached hydrogens (tertiary/aromatic N) is 3. The van der Waals surface area contributed by atoms with Gasteiger partial charge in [-0.15, -0.1) is 15.0 Å². The lowest BCUT2D eigenvalue weighted by Gasteiger charge is -2.10. The van der Waals surface area contributed by atoms with Crippen molar-refractivity contribution in [1.82, 2.24) is 15.0 Å². The highest BCUT2D eigenvalue weighted by Gasteiger charge is 2.14. The number of fused-ring (bicyclic) bond motifs is 1. The lowest BCUT2D eigenvalue weighted by atomic mass is 10.0. The van der Waals surface area contributed by atoms with Crippen molar-refractivity contribution >= 4 is 34.0 Å². The van der Waals surface area contributed by atoms with E-state index in [0.29, 0.717) is 22.5 Å². The summed E-state index contributed by atoms with van der Waals surface area (Å²) in [6.45, 7) is 4.15. The minimum Gasteiger partial charge on any atom is -0.505 e. The fraction of sp³-hybridized carbons (Fsp3) is 0.167. The summed E-state index contributed by atoms with van der Waals surface area (Å²) in [5.74, 6) is 0.0872. The van der Waals surface area contributed by atoms with Crippen LogP contribution in [0.2, 0.25) is 0 Å². The van der Waals surface area contributed by atoms with Gasteiger partial charge in [-0.05, 0) is 91.6 Å². The first-order valence-electron chi connectivity index (χ1n) is 12.4. The van der Waals surface area contributed by atoms with Crippen molar-refractivity contribution in [2.75, 3.05) is 10.6 Å². The van der Waals surface area contributed by atoms with Gasteiger partial charge in [0.05, 0.1) is 0 Å². The van der Waals surface area contributed by atoms with E-state index in [4.69, 9.17) is 0 Å². The summed E-state index contributed by atoms with van der Waals surface area (Å²) in [6, 6.07) is 26.3. The standard InChI is InChI=1S/C30H29N5O2/c1-3-4-8-22-17-20(2)18-28(29(22)36)35-33-26-16-15-25(19-27(26)34-35)31-23-11-13-24(14-12-23)32-30(37)21-9-6-5-7-10-21/h5-7,9-19,31,36H,3-4,8H2,1-2H3,(H,32,37). The number of carbonyl (C=O) groups is 1. The number of phenols is 1. The van der Waals surface area contributed by atoms with Gasteiger partial charge in [-0.2, -0.15) is 0 Å². The molecule has 0 bridgehead atoms.